The summed E-state index contributed by atoms with van der Waals surface area (Å²) in [5.41, 5.74) is 0. The van der Waals surface area contributed by atoms with Gasteiger partial charge in [0.05, 0.1) is 0 Å². The molecule has 5 nitrogen and oxygen atoms in total. The molecule has 5 heteroatoms. The first-order chi connectivity index (χ1) is 8.65. The molecule has 0 aliphatic carbocycles. The van der Waals surface area contributed by atoms with Gasteiger partial charge in [0, 0.05) is 6.61 Å². The van der Waals surface area contributed by atoms with Gasteiger partial charge in [-0.05, 0) is 6.42 Å². The summed E-state index contributed by atoms with van der Waals surface area (Å²) >= 11 is 0. The van der Waals surface area contributed by atoms with E-state index in [1.54, 1.807) is 0 Å². The largest absolute Gasteiger partial charge is 0.396 e. The molecule has 110 valence electrons. The van der Waals surface area contributed by atoms with Crippen molar-refractivity contribution in [2.24, 2.45) is 0 Å². The molecule has 0 aliphatic heterocycles. The Labute approximate surface area is 110 Å². The van der Waals surface area contributed by atoms with Gasteiger partial charge in [-0.1, -0.05) is 71.1 Å². The Morgan fingerprint density at radius 3 is 1.39 bits per heavy atom. The zero-order valence-corrected chi connectivity index (χ0v) is 11.6. The molecule has 0 saturated carbocycles. The van der Waals surface area contributed by atoms with Gasteiger partial charge in [0.25, 0.3) is 5.09 Å². The van der Waals surface area contributed by atoms with Crippen LogP contribution in [0.2, 0.25) is 0 Å². The van der Waals surface area contributed by atoms with E-state index in [0.29, 0.717) is 6.61 Å². The quantitative estimate of drug-likeness (QED) is 0.336. The summed E-state index contributed by atoms with van der Waals surface area (Å²) in [6.45, 7) is 2.64. The van der Waals surface area contributed by atoms with Gasteiger partial charge in [0.15, 0.2) is 0 Å². The molecular formula is C13H29NO4. The van der Waals surface area contributed by atoms with Crippen molar-refractivity contribution in [2.75, 3.05) is 6.61 Å². The van der Waals surface area contributed by atoms with Crippen molar-refractivity contribution in [3.63, 3.8) is 0 Å². The van der Waals surface area contributed by atoms with Crippen LogP contribution in [0.1, 0.15) is 77.6 Å². The fourth-order valence-corrected chi connectivity index (χ4v) is 1.78. The van der Waals surface area contributed by atoms with Crippen molar-refractivity contribution in [2.45, 2.75) is 77.6 Å². The van der Waals surface area contributed by atoms with E-state index in [0.717, 1.165) is 6.42 Å². The smallest absolute Gasteiger partial charge is 0.291 e. The molecule has 0 aromatic heterocycles. The van der Waals surface area contributed by atoms with E-state index in [9.17, 15) is 0 Å². The van der Waals surface area contributed by atoms with Crippen molar-refractivity contribution in [3.8, 4) is 0 Å². The lowest BCUT2D eigenvalue weighted by Crippen LogP contribution is -1.84. The molecule has 0 spiro atoms. The van der Waals surface area contributed by atoms with Crippen LogP contribution in [0, 0.1) is 10.1 Å². The summed E-state index contributed by atoms with van der Waals surface area (Å²) in [5.74, 6) is 0. The SMILES string of the molecule is CCCCCCCCCCCCCO.O=[N+]([O-])O. The highest BCUT2D eigenvalue weighted by atomic mass is 16.9. The Morgan fingerprint density at radius 2 is 1.11 bits per heavy atom. The lowest BCUT2D eigenvalue weighted by molar-refractivity contribution is -0.742. The molecule has 18 heavy (non-hydrogen) atoms. The summed E-state index contributed by atoms with van der Waals surface area (Å²) in [4.78, 5) is 8.36. The number of aliphatic hydroxyl groups excluding tert-OH is 1. The normalized spacial score (nSPS) is 9.67. The van der Waals surface area contributed by atoms with Gasteiger partial charge in [-0.3, -0.25) is 0 Å². The minimum Gasteiger partial charge on any atom is -0.396 e. The fraction of sp³-hybridized carbons (Fsp3) is 1.00. The maximum atomic E-state index is 8.59. The summed E-state index contributed by atoms with van der Waals surface area (Å²) in [6, 6.07) is 0. The number of nitrogens with zero attached hydrogens (tertiary/aromatic N) is 1. The molecule has 0 aromatic carbocycles. The molecule has 0 bridgehead atoms. The Kier molecular flexibility index (Phi) is 20.1. The number of hydrogen-bond donors (Lipinski definition) is 2. The molecule has 0 unspecified atom stereocenters. The molecule has 0 heterocycles. The van der Waals surface area contributed by atoms with E-state index >= 15 is 0 Å². The zero-order chi connectivity index (χ0) is 14.1. The second-order valence-corrected chi connectivity index (χ2v) is 4.50. The van der Waals surface area contributed by atoms with Crippen LogP contribution in [0.4, 0.5) is 0 Å². The lowest BCUT2D eigenvalue weighted by atomic mass is 10.1. The summed E-state index contributed by atoms with van der Waals surface area (Å²) < 4.78 is 0. The van der Waals surface area contributed by atoms with Gasteiger partial charge in [0.1, 0.15) is 0 Å². The van der Waals surface area contributed by atoms with Crippen LogP contribution in [0.3, 0.4) is 0 Å². The van der Waals surface area contributed by atoms with Gasteiger partial charge in [-0.15, -0.1) is 10.1 Å². The highest BCUT2D eigenvalue weighted by Gasteiger charge is 1.91. The Morgan fingerprint density at radius 1 is 0.833 bits per heavy atom. The summed E-state index contributed by atoms with van der Waals surface area (Å²) in [7, 11) is 0. The fourth-order valence-electron chi connectivity index (χ4n) is 1.78. The maximum absolute atomic E-state index is 8.59. The van der Waals surface area contributed by atoms with Crippen LogP contribution in [-0.4, -0.2) is 22.0 Å². The third kappa shape index (κ3) is 29.4. The highest BCUT2D eigenvalue weighted by molar-refractivity contribution is 4.47. The van der Waals surface area contributed by atoms with Crippen molar-refractivity contribution in [1.82, 2.24) is 0 Å². The Hall–Kier alpha value is -0.840. The predicted octanol–water partition coefficient (Wildman–Crippen LogP) is 3.94. The monoisotopic (exact) mass is 263 g/mol. The molecule has 0 amide bonds. The second kappa shape index (κ2) is 18.5. The first kappa shape index (κ1) is 19.5. The van der Waals surface area contributed by atoms with Crippen molar-refractivity contribution in [3.05, 3.63) is 10.1 Å². The van der Waals surface area contributed by atoms with Crippen LogP contribution < -0.4 is 0 Å². The van der Waals surface area contributed by atoms with Crippen molar-refractivity contribution < 1.29 is 15.4 Å². The topological polar surface area (TPSA) is 83.6 Å². The van der Waals surface area contributed by atoms with Gasteiger partial charge in [-0.25, -0.2) is 0 Å². The van der Waals surface area contributed by atoms with Crippen molar-refractivity contribution >= 4 is 0 Å². The minimum absolute atomic E-state index is 0.372. The maximum Gasteiger partial charge on any atom is 0.291 e. The van der Waals surface area contributed by atoms with E-state index in [1.165, 1.54) is 64.2 Å². The third-order valence-electron chi connectivity index (χ3n) is 2.76. The minimum atomic E-state index is -1.50. The third-order valence-corrected chi connectivity index (χ3v) is 2.76. The van der Waals surface area contributed by atoms with Gasteiger partial charge in [0.2, 0.25) is 0 Å². The molecule has 0 aromatic rings. The molecule has 0 rings (SSSR count). The standard InChI is InChI=1S/C13H28O.HNO3/c1-2-3-4-5-6-7-8-9-10-11-12-13-14;2-1(3)4/h14H,2-13H2,1H3;(H,2,3,4). The van der Waals surface area contributed by atoms with E-state index < -0.39 is 5.09 Å². The molecule has 0 atom stereocenters. The van der Waals surface area contributed by atoms with Crippen molar-refractivity contribution in [1.29, 1.82) is 0 Å². The summed E-state index contributed by atoms with van der Waals surface area (Å²) in [5, 5.41) is 22.2. The van der Waals surface area contributed by atoms with Crippen LogP contribution in [0.25, 0.3) is 0 Å². The highest BCUT2D eigenvalue weighted by Crippen LogP contribution is 2.10. The predicted molar refractivity (Wildman–Crippen MR) is 72.3 cm³/mol. The molecule has 0 saturated heterocycles. The molecular weight excluding hydrogens is 234 g/mol. The first-order valence-corrected chi connectivity index (χ1v) is 7.09. The Bertz CT molecular complexity index is 149. The van der Waals surface area contributed by atoms with E-state index in [4.69, 9.17) is 20.4 Å². The van der Waals surface area contributed by atoms with Gasteiger partial charge >= 0.3 is 0 Å². The Balaban J connectivity index is 0. The van der Waals surface area contributed by atoms with E-state index in [1.807, 2.05) is 0 Å². The second-order valence-electron chi connectivity index (χ2n) is 4.50. The summed E-state index contributed by atoms with van der Waals surface area (Å²) in [6.07, 6.45) is 14.8. The molecule has 0 fully saturated rings. The zero-order valence-electron chi connectivity index (χ0n) is 11.6. The number of unbranched alkanes of at least 4 members (excludes halogenated alkanes) is 10. The number of aliphatic hydroxyl groups is 1. The van der Waals surface area contributed by atoms with Gasteiger partial charge in [-0.2, -0.15) is 0 Å². The van der Waals surface area contributed by atoms with Crippen LogP contribution in [-0.2, 0) is 0 Å². The first-order valence-electron chi connectivity index (χ1n) is 7.09. The average Bonchev–Trinajstić information content (AvgIpc) is 2.31. The number of hydrogen-bond acceptors (Lipinski definition) is 3. The van der Waals surface area contributed by atoms with Gasteiger partial charge < -0.3 is 10.3 Å². The molecule has 0 aliphatic rings. The van der Waals surface area contributed by atoms with Crippen LogP contribution in [0.15, 0.2) is 0 Å². The van der Waals surface area contributed by atoms with Crippen LogP contribution in [0.5, 0.6) is 0 Å². The number of rotatable bonds is 11. The molecule has 0 radical (unpaired) electrons. The lowest BCUT2D eigenvalue weighted by Gasteiger charge is -2.01. The van der Waals surface area contributed by atoms with Crippen LogP contribution >= 0.6 is 0 Å². The molecule has 2 N–H and O–H groups in total. The van der Waals surface area contributed by atoms with E-state index in [2.05, 4.69) is 6.92 Å². The average molecular weight is 263 g/mol. The van der Waals surface area contributed by atoms with E-state index in [-0.39, 0.29) is 0 Å².